The first kappa shape index (κ1) is 30.9. The molecular weight excluding hydrogens is 740 g/mol. The minimum absolute atomic E-state index is 0.0173. The van der Waals surface area contributed by atoms with E-state index in [1.807, 2.05) is 0 Å². The van der Waals surface area contributed by atoms with Crippen molar-refractivity contribution in [1.29, 1.82) is 0 Å². The molecule has 4 aromatic carbocycles. The Hall–Kier alpha value is -4.00. The molecule has 4 aromatic rings. The van der Waals surface area contributed by atoms with E-state index in [4.69, 9.17) is 18.9 Å². The molecule has 0 bridgehead atoms. The normalized spacial score (nSPS) is 10.7. The fourth-order valence-corrected chi connectivity index (χ4v) is 4.34. The highest BCUT2D eigenvalue weighted by molar-refractivity contribution is 9.11. The number of nitrogens with zero attached hydrogens (tertiary/aromatic N) is 1. The van der Waals surface area contributed by atoms with Crippen molar-refractivity contribution in [3.63, 3.8) is 0 Å². The van der Waals surface area contributed by atoms with E-state index < -0.39 is 17.8 Å². The molecule has 42 heavy (non-hydrogen) atoms. The number of carbonyl (C=O) groups is 3. The second-order valence-electron chi connectivity index (χ2n) is 8.38. The van der Waals surface area contributed by atoms with Crippen LogP contribution < -0.4 is 24.4 Å². The van der Waals surface area contributed by atoms with Gasteiger partial charge in [-0.3, -0.25) is 4.79 Å². The molecule has 0 saturated carbocycles. The van der Waals surface area contributed by atoms with Crippen LogP contribution in [0.1, 0.15) is 26.3 Å². The molecule has 0 unspecified atom stereocenters. The number of nitrogens with one attached hydrogen (secondary N) is 1. The van der Waals surface area contributed by atoms with Crippen molar-refractivity contribution in [1.82, 2.24) is 5.43 Å². The number of methoxy groups -OCH3 is 1. The summed E-state index contributed by atoms with van der Waals surface area (Å²) in [5, 5.41) is 3.94. The fourth-order valence-electron chi connectivity index (χ4n) is 3.34. The van der Waals surface area contributed by atoms with E-state index in [1.54, 1.807) is 79.9 Å². The third kappa shape index (κ3) is 8.75. The summed E-state index contributed by atoms with van der Waals surface area (Å²) < 4.78 is 24.0. The molecule has 1 N–H and O–H groups in total. The van der Waals surface area contributed by atoms with Crippen molar-refractivity contribution in [2.24, 2.45) is 5.10 Å². The van der Waals surface area contributed by atoms with Gasteiger partial charge >= 0.3 is 11.9 Å². The molecule has 0 radical (unpaired) electrons. The molecule has 0 heterocycles. The number of rotatable bonds is 10. The Morgan fingerprint density at radius 2 is 1.31 bits per heavy atom. The largest absolute Gasteiger partial charge is 0.497 e. The van der Waals surface area contributed by atoms with Crippen LogP contribution in [0.2, 0.25) is 0 Å². The first-order valence-corrected chi connectivity index (χ1v) is 14.5. The van der Waals surface area contributed by atoms with Gasteiger partial charge in [-0.1, -0.05) is 31.9 Å². The van der Waals surface area contributed by atoms with E-state index >= 15 is 0 Å². The van der Waals surface area contributed by atoms with E-state index in [2.05, 4.69) is 58.3 Å². The summed E-state index contributed by atoms with van der Waals surface area (Å²) in [5.41, 5.74) is 3.42. The van der Waals surface area contributed by atoms with Gasteiger partial charge in [-0.05, 0) is 106 Å². The van der Waals surface area contributed by atoms with Gasteiger partial charge in [-0.2, -0.15) is 5.10 Å². The maximum Gasteiger partial charge on any atom is 0.343 e. The smallest absolute Gasteiger partial charge is 0.343 e. The lowest BCUT2D eigenvalue weighted by Gasteiger charge is -2.12. The minimum atomic E-state index is -0.660. The number of esters is 2. The number of hydrazone groups is 1. The highest BCUT2D eigenvalue weighted by Gasteiger charge is 2.17. The summed E-state index contributed by atoms with van der Waals surface area (Å²) in [6, 6.07) is 22.8. The van der Waals surface area contributed by atoms with Gasteiger partial charge in [0.05, 0.1) is 28.9 Å². The van der Waals surface area contributed by atoms with Crippen LogP contribution >= 0.6 is 47.8 Å². The molecular formula is C30H21Br3N2O7. The lowest BCUT2D eigenvalue weighted by Crippen LogP contribution is -2.24. The predicted octanol–water partition coefficient (Wildman–Crippen LogP) is 6.95. The number of amides is 1. The Bertz CT molecular complexity index is 1630. The van der Waals surface area contributed by atoms with Gasteiger partial charge in [-0.25, -0.2) is 15.0 Å². The lowest BCUT2D eigenvalue weighted by molar-refractivity contribution is -0.123. The quantitative estimate of drug-likeness (QED) is 0.0806. The summed E-state index contributed by atoms with van der Waals surface area (Å²) >= 11 is 10.0. The second kappa shape index (κ2) is 14.8. The van der Waals surface area contributed by atoms with Crippen molar-refractivity contribution in [3.05, 3.63) is 115 Å². The van der Waals surface area contributed by atoms with Crippen LogP contribution in [0.4, 0.5) is 0 Å². The number of carbonyl (C=O) groups excluding carboxylic acids is 3. The van der Waals surface area contributed by atoms with E-state index in [1.165, 1.54) is 18.3 Å². The molecule has 0 saturated heterocycles. The number of hydrogen-bond acceptors (Lipinski definition) is 8. The van der Waals surface area contributed by atoms with Crippen LogP contribution in [0, 0.1) is 0 Å². The fraction of sp³-hybridized carbons (Fsp3) is 0.0667. The lowest BCUT2D eigenvalue weighted by atomic mass is 10.2. The van der Waals surface area contributed by atoms with Crippen molar-refractivity contribution in [3.8, 4) is 23.0 Å². The zero-order valence-electron chi connectivity index (χ0n) is 21.8. The average Bonchev–Trinajstić information content (AvgIpc) is 2.98. The third-order valence-corrected chi connectivity index (χ3v) is 7.11. The molecule has 214 valence electrons. The Kier molecular flexibility index (Phi) is 10.9. The Morgan fingerprint density at radius 3 is 1.88 bits per heavy atom. The van der Waals surface area contributed by atoms with Gasteiger partial charge in [0.1, 0.15) is 11.5 Å². The summed E-state index contributed by atoms with van der Waals surface area (Å²) in [6.07, 6.45) is 1.35. The van der Waals surface area contributed by atoms with Gasteiger partial charge in [0, 0.05) is 8.95 Å². The standard InChI is InChI=1S/C30H21Br3N2O7/c1-39-23-11-13-25(24(33)15-23)40-17-28(36)35-34-16-18-2-12-26(41-29(37)19-3-7-21(31)8-4-19)27(14-18)42-30(38)20-5-9-22(32)10-6-20/h2-16H,17H2,1H3,(H,35,36)/b34-16+. The number of halogens is 3. The van der Waals surface area contributed by atoms with Crippen LogP contribution in [-0.4, -0.2) is 37.8 Å². The SMILES string of the molecule is COc1ccc(OCC(=O)N/N=C/c2ccc(OC(=O)c3ccc(Br)cc3)c(OC(=O)c3ccc(Br)cc3)c2)c(Br)c1. The number of hydrogen-bond donors (Lipinski definition) is 1. The second-order valence-corrected chi connectivity index (χ2v) is 11.1. The molecule has 0 aliphatic rings. The summed E-state index contributed by atoms with van der Waals surface area (Å²) in [4.78, 5) is 37.8. The topological polar surface area (TPSA) is 113 Å². The van der Waals surface area contributed by atoms with E-state index in [0.29, 0.717) is 32.7 Å². The maximum atomic E-state index is 12.8. The van der Waals surface area contributed by atoms with Gasteiger partial charge in [0.15, 0.2) is 18.1 Å². The predicted molar refractivity (Wildman–Crippen MR) is 167 cm³/mol. The number of benzene rings is 4. The molecule has 1 amide bonds. The van der Waals surface area contributed by atoms with Crippen molar-refractivity contribution >= 4 is 71.9 Å². The maximum absolute atomic E-state index is 12.8. The monoisotopic (exact) mass is 758 g/mol. The van der Waals surface area contributed by atoms with Crippen LogP contribution in [0.3, 0.4) is 0 Å². The molecule has 9 nitrogen and oxygen atoms in total. The Balaban J connectivity index is 1.46. The molecule has 0 aromatic heterocycles. The summed E-state index contributed by atoms with van der Waals surface area (Å²) in [5.74, 6) is -0.701. The summed E-state index contributed by atoms with van der Waals surface area (Å²) in [7, 11) is 1.55. The third-order valence-electron chi connectivity index (χ3n) is 5.43. The van der Waals surface area contributed by atoms with Crippen LogP contribution in [0.25, 0.3) is 0 Å². The Morgan fingerprint density at radius 1 is 0.738 bits per heavy atom. The van der Waals surface area contributed by atoms with E-state index in [9.17, 15) is 14.4 Å². The van der Waals surface area contributed by atoms with Gasteiger partial charge in [0.25, 0.3) is 5.91 Å². The van der Waals surface area contributed by atoms with Crippen LogP contribution in [0.5, 0.6) is 23.0 Å². The molecule has 0 spiro atoms. The van der Waals surface area contributed by atoms with E-state index in [-0.39, 0.29) is 18.1 Å². The first-order chi connectivity index (χ1) is 20.2. The zero-order valence-corrected chi connectivity index (χ0v) is 26.6. The van der Waals surface area contributed by atoms with Crippen molar-refractivity contribution < 1.29 is 33.3 Å². The van der Waals surface area contributed by atoms with Crippen LogP contribution in [0.15, 0.2) is 103 Å². The molecule has 12 heteroatoms. The molecule has 0 aliphatic heterocycles. The average molecular weight is 761 g/mol. The summed E-state index contributed by atoms with van der Waals surface area (Å²) in [6.45, 7) is -0.288. The van der Waals surface area contributed by atoms with Crippen molar-refractivity contribution in [2.75, 3.05) is 13.7 Å². The molecule has 0 atom stereocenters. The highest BCUT2D eigenvalue weighted by Crippen LogP contribution is 2.31. The zero-order chi connectivity index (χ0) is 30.1. The van der Waals surface area contributed by atoms with Gasteiger partial charge in [-0.15, -0.1) is 0 Å². The molecule has 0 fully saturated rings. The first-order valence-electron chi connectivity index (χ1n) is 12.1. The van der Waals surface area contributed by atoms with Crippen molar-refractivity contribution in [2.45, 2.75) is 0 Å². The van der Waals surface area contributed by atoms with E-state index in [0.717, 1.165) is 8.95 Å². The number of ether oxygens (including phenoxy) is 4. The van der Waals surface area contributed by atoms with Gasteiger partial charge < -0.3 is 18.9 Å². The Labute approximate surface area is 266 Å². The minimum Gasteiger partial charge on any atom is -0.497 e. The molecule has 0 aliphatic carbocycles. The molecule has 4 rings (SSSR count). The van der Waals surface area contributed by atoms with Gasteiger partial charge in [0.2, 0.25) is 0 Å². The highest BCUT2D eigenvalue weighted by atomic mass is 79.9. The van der Waals surface area contributed by atoms with Crippen LogP contribution in [-0.2, 0) is 4.79 Å².